The van der Waals surface area contributed by atoms with Crippen LogP contribution in [0.1, 0.15) is 79.9 Å². The number of pyridine rings is 1. The molecule has 0 saturated carbocycles. The molecule has 0 radical (unpaired) electrons. The molecule has 2 aromatic heterocycles. The van der Waals surface area contributed by atoms with Crippen molar-refractivity contribution in [2.45, 2.75) is 79.6 Å². The Hall–Kier alpha value is -5.36. The number of fused-ring (bicyclic) bond motifs is 4. The molecule has 6 heteroatoms. The van der Waals surface area contributed by atoms with Crippen LogP contribution in [0.2, 0.25) is 0 Å². The predicted octanol–water partition coefficient (Wildman–Crippen LogP) is 12.8. The van der Waals surface area contributed by atoms with Crippen LogP contribution in [0.15, 0.2) is 114 Å². The lowest BCUT2D eigenvalue weighted by Crippen LogP contribution is -2.28. The molecule has 1 unspecified atom stereocenters. The van der Waals surface area contributed by atoms with Crippen molar-refractivity contribution in [3.8, 4) is 11.5 Å². The molecule has 6 aromatic rings. The number of benzene rings is 4. The van der Waals surface area contributed by atoms with Crippen molar-refractivity contribution in [2.75, 3.05) is 16.5 Å². The van der Waals surface area contributed by atoms with Crippen molar-refractivity contribution in [3.05, 3.63) is 120 Å². The summed E-state index contributed by atoms with van der Waals surface area (Å²) >= 11 is 0. The quantitative estimate of drug-likeness (QED) is 0.179. The van der Waals surface area contributed by atoms with Crippen LogP contribution in [0.5, 0.6) is 11.5 Å². The maximum atomic E-state index is 6.68. The summed E-state index contributed by atoms with van der Waals surface area (Å²) in [6.07, 6.45) is 7.43. The summed E-state index contributed by atoms with van der Waals surface area (Å²) < 4.78 is 8.98. The molecule has 6 nitrogen and oxygen atoms in total. The van der Waals surface area contributed by atoms with Gasteiger partial charge >= 0.3 is 0 Å². The highest BCUT2D eigenvalue weighted by Gasteiger charge is 2.33. The van der Waals surface area contributed by atoms with E-state index in [1.54, 1.807) is 0 Å². The second-order valence-corrected chi connectivity index (χ2v) is 17.8. The summed E-state index contributed by atoms with van der Waals surface area (Å²) in [5, 5.41) is 2.39. The number of aromatic nitrogens is 2. The molecule has 0 spiro atoms. The molecule has 4 heterocycles. The Labute approximate surface area is 314 Å². The van der Waals surface area contributed by atoms with Crippen molar-refractivity contribution < 1.29 is 4.74 Å². The third-order valence-electron chi connectivity index (χ3n) is 10.8. The minimum absolute atomic E-state index is 0.0123. The van der Waals surface area contributed by atoms with Gasteiger partial charge < -0.3 is 14.5 Å². The lowest BCUT2D eigenvalue weighted by molar-refractivity contribution is 0.300. The van der Waals surface area contributed by atoms with E-state index in [2.05, 4.69) is 186 Å². The van der Waals surface area contributed by atoms with E-state index in [4.69, 9.17) is 14.7 Å². The first-order valence-electron chi connectivity index (χ1n) is 18.9. The predicted molar refractivity (Wildman–Crippen MR) is 224 cm³/mol. The molecule has 0 N–H and O–H groups in total. The van der Waals surface area contributed by atoms with E-state index >= 15 is 0 Å². The van der Waals surface area contributed by atoms with E-state index in [9.17, 15) is 0 Å². The van der Waals surface area contributed by atoms with Gasteiger partial charge in [0.1, 0.15) is 29.8 Å². The van der Waals surface area contributed by atoms with Gasteiger partial charge in [0.05, 0.1) is 22.4 Å². The van der Waals surface area contributed by atoms with Crippen LogP contribution in [-0.4, -0.2) is 22.4 Å². The fourth-order valence-corrected chi connectivity index (χ4v) is 7.65. The van der Waals surface area contributed by atoms with E-state index < -0.39 is 0 Å². The Kier molecular flexibility index (Phi) is 8.28. The molecule has 8 rings (SSSR count). The van der Waals surface area contributed by atoms with Crippen LogP contribution >= 0.6 is 0 Å². The van der Waals surface area contributed by atoms with Crippen molar-refractivity contribution in [2.24, 2.45) is 16.3 Å². The van der Waals surface area contributed by atoms with Gasteiger partial charge in [-0.3, -0.25) is 4.57 Å². The molecule has 0 amide bonds. The summed E-state index contributed by atoms with van der Waals surface area (Å²) in [5.74, 6) is 3.94. The van der Waals surface area contributed by atoms with E-state index in [0.29, 0.717) is 12.6 Å². The molecule has 0 saturated heterocycles. The minimum Gasteiger partial charge on any atom is -0.457 e. The highest BCUT2D eigenvalue weighted by atomic mass is 16.5. The van der Waals surface area contributed by atoms with Gasteiger partial charge in [-0.25, -0.2) is 9.98 Å². The molecule has 270 valence electrons. The molecule has 0 bridgehead atoms. The number of ether oxygens (including phenoxy) is 1. The van der Waals surface area contributed by atoms with Crippen LogP contribution in [0.25, 0.3) is 27.6 Å². The van der Waals surface area contributed by atoms with Gasteiger partial charge in [0.2, 0.25) is 0 Å². The van der Waals surface area contributed by atoms with E-state index in [1.807, 2.05) is 6.07 Å². The first-order valence-corrected chi connectivity index (χ1v) is 18.9. The van der Waals surface area contributed by atoms with E-state index in [0.717, 1.165) is 57.7 Å². The highest BCUT2D eigenvalue weighted by molar-refractivity contribution is 6.10. The van der Waals surface area contributed by atoms with Crippen molar-refractivity contribution in [1.29, 1.82) is 0 Å². The number of nitrogens with zero attached hydrogens (tertiary/aromatic N) is 5. The van der Waals surface area contributed by atoms with Gasteiger partial charge in [-0.15, -0.1) is 0 Å². The third-order valence-corrected chi connectivity index (χ3v) is 10.8. The molecule has 2 aliphatic heterocycles. The van der Waals surface area contributed by atoms with E-state index in [-0.39, 0.29) is 16.2 Å². The number of para-hydroxylation sites is 3. The lowest BCUT2D eigenvalue weighted by atomic mass is 9.78. The van der Waals surface area contributed by atoms with Crippen molar-refractivity contribution in [3.63, 3.8) is 0 Å². The van der Waals surface area contributed by atoms with Crippen LogP contribution in [0.4, 0.5) is 22.9 Å². The number of allylic oxidation sites excluding steroid dienone is 1. The molecular formula is C47H51N5O. The highest BCUT2D eigenvalue weighted by Crippen LogP contribution is 2.47. The minimum atomic E-state index is -0.0826. The molecule has 2 aliphatic rings. The Balaban J connectivity index is 1.15. The molecule has 1 atom stereocenters. The van der Waals surface area contributed by atoms with Gasteiger partial charge in [0.15, 0.2) is 0 Å². The lowest BCUT2D eigenvalue weighted by Gasteiger charge is -2.30. The van der Waals surface area contributed by atoms with Gasteiger partial charge in [-0.05, 0) is 88.8 Å². The van der Waals surface area contributed by atoms with Crippen LogP contribution in [0.3, 0.4) is 0 Å². The zero-order valence-electron chi connectivity index (χ0n) is 32.6. The van der Waals surface area contributed by atoms with Gasteiger partial charge in [-0.1, -0.05) is 98.7 Å². The normalized spacial score (nSPS) is 16.4. The number of hydrogen-bond acceptors (Lipinski definition) is 5. The first kappa shape index (κ1) is 34.7. The smallest absolute Gasteiger partial charge is 0.138 e. The second kappa shape index (κ2) is 12.6. The Morgan fingerprint density at radius 2 is 1.36 bits per heavy atom. The standard InChI is InChI=1S/C47H51N5O/c1-45(2,3)31-23-24-48-43(26-31)52-39-18-11-10-17-36(39)37-22-21-35(28-42(37)52)53-34-16-14-15-33(27-34)50-30-51(41-20-13-12-19-40(41)50)44-38(47(7,8)9)25-32(29-49-44)46(4,5)6/h10-22,24-29,31H,23,30H2,1-9H3. The Morgan fingerprint density at radius 3 is 2.09 bits per heavy atom. The number of hydrogen-bond donors (Lipinski definition) is 0. The van der Waals surface area contributed by atoms with E-state index in [1.165, 1.54) is 21.9 Å². The monoisotopic (exact) mass is 701 g/mol. The maximum absolute atomic E-state index is 6.68. The maximum Gasteiger partial charge on any atom is 0.138 e. The van der Waals surface area contributed by atoms with Crippen molar-refractivity contribution in [1.82, 2.24) is 9.55 Å². The summed E-state index contributed by atoms with van der Waals surface area (Å²) in [6.45, 7) is 21.1. The summed E-state index contributed by atoms with van der Waals surface area (Å²) in [6, 6.07) is 34.4. The number of anilines is 4. The summed E-state index contributed by atoms with van der Waals surface area (Å²) in [7, 11) is 0. The summed E-state index contributed by atoms with van der Waals surface area (Å²) in [4.78, 5) is 14.8. The van der Waals surface area contributed by atoms with Crippen molar-refractivity contribution >= 4 is 56.7 Å². The van der Waals surface area contributed by atoms with Crippen LogP contribution in [0, 0.1) is 11.3 Å². The van der Waals surface area contributed by atoms with Gasteiger partial charge in [0.25, 0.3) is 0 Å². The Morgan fingerprint density at radius 1 is 0.660 bits per heavy atom. The fourth-order valence-electron chi connectivity index (χ4n) is 7.65. The fraction of sp³-hybridized carbons (Fsp3) is 0.319. The topological polar surface area (TPSA) is 45.9 Å². The molecule has 4 aromatic carbocycles. The largest absolute Gasteiger partial charge is 0.457 e. The number of aliphatic imine (C=N–C) groups is 1. The van der Waals surface area contributed by atoms with Crippen LogP contribution in [-0.2, 0) is 10.8 Å². The molecule has 0 aliphatic carbocycles. The van der Waals surface area contributed by atoms with Gasteiger partial charge in [0, 0.05) is 46.6 Å². The second-order valence-electron chi connectivity index (χ2n) is 17.8. The average molecular weight is 702 g/mol. The van der Waals surface area contributed by atoms with Gasteiger partial charge in [-0.2, -0.15) is 0 Å². The number of rotatable bonds is 5. The molecule has 53 heavy (non-hydrogen) atoms. The molecular weight excluding hydrogens is 651 g/mol. The van der Waals surface area contributed by atoms with Crippen LogP contribution < -0.4 is 14.5 Å². The zero-order chi connectivity index (χ0) is 37.3. The average Bonchev–Trinajstić information content (AvgIpc) is 3.66. The Bertz CT molecular complexity index is 2410. The molecule has 0 fully saturated rings. The zero-order valence-corrected chi connectivity index (χ0v) is 32.6. The third kappa shape index (κ3) is 6.39. The summed E-state index contributed by atoms with van der Waals surface area (Å²) in [5.41, 5.74) is 8.15. The SMILES string of the molecule is CC(C)(C)c1cnc(N2CN(c3cccc(Oc4ccc5c6ccccc6n(C6=CC(C(C)(C)C)CC=N6)c5c4)c3)c3ccccc32)c(C(C)(C)C)c1. The first-order chi connectivity index (χ1) is 25.2.